The van der Waals surface area contributed by atoms with Crippen molar-refractivity contribution in [2.24, 2.45) is 5.73 Å². The summed E-state index contributed by atoms with van der Waals surface area (Å²) in [7, 11) is 1.46. The van der Waals surface area contributed by atoms with Crippen LogP contribution in [0.4, 0.5) is 5.69 Å². The number of ether oxygens (including phenoxy) is 1. The van der Waals surface area contributed by atoms with Gasteiger partial charge in [0.15, 0.2) is 5.75 Å². The number of fused-ring (bicyclic) bond motifs is 1. The van der Waals surface area contributed by atoms with Gasteiger partial charge in [-0.2, -0.15) is 0 Å². The van der Waals surface area contributed by atoms with Crippen LogP contribution >= 0.6 is 11.3 Å². The van der Waals surface area contributed by atoms with Crippen LogP contribution in [-0.4, -0.2) is 17.0 Å². The lowest BCUT2D eigenvalue weighted by Gasteiger charge is -1.99. The first-order valence-electron chi connectivity index (χ1n) is 4.47. The number of hydrogen-bond donors (Lipinski definition) is 1. The van der Waals surface area contributed by atoms with Crippen LogP contribution in [0.2, 0.25) is 0 Å². The maximum Gasteiger partial charge on any atom is 0.274 e. The van der Waals surface area contributed by atoms with E-state index in [4.69, 9.17) is 10.5 Å². The van der Waals surface area contributed by atoms with E-state index in [1.165, 1.54) is 30.6 Å². The smallest absolute Gasteiger partial charge is 0.274 e. The zero-order valence-corrected chi connectivity index (χ0v) is 9.28. The molecule has 16 heavy (non-hydrogen) atoms. The van der Waals surface area contributed by atoms with Gasteiger partial charge in [-0.05, 0) is 0 Å². The first-order valence-corrected chi connectivity index (χ1v) is 5.29. The molecule has 0 saturated heterocycles. The van der Waals surface area contributed by atoms with Crippen molar-refractivity contribution in [2.75, 3.05) is 7.11 Å². The van der Waals surface area contributed by atoms with Crippen molar-refractivity contribution in [3.05, 3.63) is 27.3 Å². The molecule has 0 spiro atoms. The number of thiazole rings is 1. The topological polar surface area (TPSA) is 91.3 Å². The van der Waals surface area contributed by atoms with Gasteiger partial charge in [-0.15, -0.1) is 11.3 Å². The van der Waals surface area contributed by atoms with Gasteiger partial charge in [0.2, 0.25) is 0 Å². The molecule has 0 unspecified atom stereocenters. The third-order valence-corrected chi connectivity index (χ3v) is 3.12. The number of nitrogens with two attached hydrogens (primary N) is 1. The van der Waals surface area contributed by atoms with Crippen molar-refractivity contribution in [1.82, 2.24) is 4.98 Å². The molecule has 0 aliphatic heterocycles. The van der Waals surface area contributed by atoms with Crippen molar-refractivity contribution in [3.8, 4) is 5.75 Å². The predicted molar refractivity (Wildman–Crippen MR) is 60.7 cm³/mol. The number of nitrogens with zero attached hydrogens (tertiary/aromatic N) is 2. The van der Waals surface area contributed by atoms with Gasteiger partial charge >= 0.3 is 0 Å². The van der Waals surface area contributed by atoms with Crippen LogP contribution < -0.4 is 10.5 Å². The molecular weight excluding hydrogens is 230 g/mol. The average Bonchev–Trinajstić information content (AvgIpc) is 2.70. The monoisotopic (exact) mass is 239 g/mol. The lowest BCUT2D eigenvalue weighted by molar-refractivity contribution is -0.384. The molecule has 2 aromatic rings. The van der Waals surface area contributed by atoms with Crippen molar-refractivity contribution < 1.29 is 9.66 Å². The van der Waals surface area contributed by atoms with E-state index in [0.717, 1.165) is 5.01 Å². The molecule has 2 rings (SSSR count). The van der Waals surface area contributed by atoms with Gasteiger partial charge in [-0.25, -0.2) is 4.98 Å². The Bertz CT molecular complexity index is 552. The van der Waals surface area contributed by atoms with Gasteiger partial charge in [0.25, 0.3) is 5.69 Å². The van der Waals surface area contributed by atoms with Gasteiger partial charge in [0, 0.05) is 12.6 Å². The van der Waals surface area contributed by atoms with Crippen LogP contribution in [0.3, 0.4) is 0 Å². The summed E-state index contributed by atoms with van der Waals surface area (Å²) in [6.45, 7) is 0.316. The number of methoxy groups -OCH3 is 1. The third-order valence-electron chi connectivity index (χ3n) is 2.09. The summed E-state index contributed by atoms with van der Waals surface area (Å²) >= 11 is 1.34. The Morgan fingerprint density at radius 1 is 1.62 bits per heavy atom. The highest BCUT2D eigenvalue weighted by molar-refractivity contribution is 7.18. The molecule has 84 valence electrons. The molecular formula is C9H9N3O3S. The van der Waals surface area contributed by atoms with E-state index in [9.17, 15) is 10.1 Å². The Kier molecular flexibility index (Phi) is 2.71. The van der Waals surface area contributed by atoms with Crippen molar-refractivity contribution in [3.63, 3.8) is 0 Å². The normalized spacial score (nSPS) is 10.6. The highest BCUT2D eigenvalue weighted by Crippen LogP contribution is 2.33. The fourth-order valence-electron chi connectivity index (χ4n) is 1.38. The molecule has 0 radical (unpaired) electrons. The second-order valence-corrected chi connectivity index (χ2v) is 4.18. The molecule has 0 fully saturated rings. The largest absolute Gasteiger partial charge is 0.494 e. The standard InChI is InChI=1S/C9H9N3O3S/c1-15-6-2-5(12(13)14)3-7-9(6)11-8(4-10)16-7/h2-3H,4,10H2,1H3. The van der Waals surface area contributed by atoms with Crippen LogP contribution in [0.5, 0.6) is 5.75 Å². The summed E-state index contributed by atoms with van der Waals surface area (Å²) in [5.41, 5.74) is 6.10. The average molecular weight is 239 g/mol. The zero-order chi connectivity index (χ0) is 11.7. The van der Waals surface area contributed by atoms with E-state index in [-0.39, 0.29) is 5.69 Å². The molecule has 0 bridgehead atoms. The Morgan fingerprint density at radius 3 is 2.94 bits per heavy atom. The van der Waals surface area contributed by atoms with Gasteiger partial charge in [0.05, 0.1) is 22.8 Å². The minimum atomic E-state index is -0.455. The van der Waals surface area contributed by atoms with E-state index in [2.05, 4.69) is 4.98 Å². The summed E-state index contributed by atoms with van der Waals surface area (Å²) in [5, 5.41) is 11.4. The fraction of sp³-hybridized carbons (Fsp3) is 0.222. The number of nitro groups is 1. The summed E-state index contributed by atoms with van der Waals surface area (Å²) in [4.78, 5) is 14.5. The number of benzene rings is 1. The molecule has 1 heterocycles. The molecule has 0 amide bonds. The maximum atomic E-state index is 10.7. The third kappa shape index (κ3) is 1.70. The van der Waals surface area contributed by atoms with Gasteiger partial charge in [-0.1, -0.05) is 0 Å². The van der Waals surface area contributed by atoms with Crippen LogP contribution in [0.1, 0.15) is 5.01 Å². The zero-order valence-electron chi connectivity index (χ0n) is 8.47. The number of rotatable bonds is 3. The minimum absolute atomic E-state index is 0.00317. The second kappa shape index (κ2) is 4.03. The Hall–Kier alpha value is -1.73. The van der Waals surface area contributed by atoms with Crippen molar-refractivity contribution >= 4 is 27.2 Å². The van der Waals surface area contributed by atoms with Crippen molar-refractivity contribution in [2.45, 2.75) is 6.54 Å². The number of hydrogen-bond acceptors (Lipinski definition) is 6. The van der Waals surface area contributed by atoms with E-state index in [1.54, 1.807) is 0 Å². The molecule has 7 heteroatoms. The molecule has 6 nitrogen and oxygen atoms in total. The van der Waals surface area contributed by atoms with Gasteiger partial charge in [0.1, 0.15) is 10.5 Å². The highest BCUT2D eigenvalue weighted by Gasteiger charge is 2.15. The summed E-state index contributed by atoms with van der Waals surface area (Å²) in [6, 6.07) is 2.84. The van der Waals surface area contributed by atoms with Gasteiger partial charge < -0.3 is 10.5 Å². The quantitative estimate of drug-likeness (QED) is 0.649. The van der Waals surface area contributed by atoms with Crippen LogP contribution in [0.15, 0.2) is 12.1 Å². The maximum absolute atomic E-state index is 10.7. The molecule has 0 aliphatic carbocycles. The second-order valence-electron chi connectivity index (χ2n) is 3.06. The molecule has 2 N–H and O–H groups in total. The van der Waals surface area contributed by atoms with E-state index >= 15 is 0 Å². The Morgan fingerprint density at radius 2 is 2.38 bits per heavy atom. The number of non-ortho nitro benzene ring substituents is 1. The van der Waals surface area contributed by atoms with E-state index < -0.39 is 4.92 Å². The molecule has 1 aromatic carbocycles. The van der Waals surface area contributed by atoms with Crippen LogP contribution in [0.25, 0.3) is 10.2 Å². The number of nitro benzene ring substituents is 1. The lowest BCUT2D eigenvalue weighted by Crippen LogP contribution is -1.94. The van der Waals surface area contributed by atoms with Crippen molar-refractivity contribution in [1.29, 1.82) is 0 Å². The van der Waals surface area contributed by atoms with Crippen LogP contribution in [-0.2, 0) is 6.54 Å². The first kappa shape index (κ1) is 10.8. The van der Waals surface area contributed by atoms with Crippen LogP contribution in [0, 0.1) is 10.1 Å². The molecule has 0 atom stereocenters. The summed E-state index contributed by atoms with van der Waals surface area (Å²) < 4.78 is 5.79. The Labute approximate surface area is 94.8 Å². The van der Waals surface area contributed by atoms with Gasteiger partial charge in [-0.3, -0.25) is 10.1 Å². The fourth-order valence-corrected chi connectivity index (χ4v) is 2.28. The summed E-state index contributed by atoms with van der Waals surface area (Å²) in [5.74, 6) is 0.403. The Balaban J connectivity index is 2.70. The first-order chi connectivity index (χ1) is 7.65. The molecule has 1 aromatic heterocycles. The molecule has 0 saturated carbocycles. The number of aromatic nitrogens is 1. The molecule has 0 aliphatic rings. The van der Waals surface area contributed by atoms with E-state index in [1.807, 2.05) is 0 Å². The lowest BCUT2D eigenvalue weighted by atomic mass is 10.3. The summed E-state index contributed by atoms with van der Waals surface area (Å²) in [6.07, 6.45) is 0. The van der Waals surface area contributed by atoms with E-state index in [0.29, 0.717) is 22.5 Å². The SMILES string of the molecule is COc1cc([N+](=O)[O-])cc2sc(CN)nc12. The highest BCUT2D eigenvalue weighted by atomic mass is 32.1. The predicted octanol–water partition coefficient (Wildman–Crippen LogP) is 1.67. The minimum Gasteiger partial charge on any atom is -0.494 e.